The van der Waals surface area contributed by atoms with Crippen LogP contribution in [0.4, 0.5) is 15.8 Å². The summed E-state index contributed by atoms with van der Waals surface area (Å²) in [7, 11) is -3.23. The van der Waals surface area contributed by atoms with Crippen LogP contribution in [0.25, 0.3) is 0 Å². The van der Waals surface area contributed by atoms with E-state index in [0.717, 1.165) is 30.0 Å². The predicted octanol–water partition coefficient (Wildman–Crippen LogP) is 3.75. The molecular weight excluding hydrogens is 379 g/mol. The van der Waals surface area contributed by atoms with E-state index in [-0.39, 0.29) is 23.7 Å². The van der Waals surface area contributed by atoms with Gasteiger partial charge in [-0.3, -0.25) is 0 Å². The second-order valence-electron chi connectivity index (χ2n) is 7.22. The van der Waals surface area contributed by atoms with Crippen LogP contribution in [0.5, 0.6) is 0 Å². The molecule has 2 aromatic carbocycles. The first kappa shape index (κ1) is 20.6. The monoisotopic (exact) mass is 406 g/mol. The lowest BCUT2D eigenvalue weighted by Gasteiger charge is -2.34. The Morgan fingerprint density at radius 3 is 2.43 bits per heavy atom. The van der Waals surface area contributed by atoms with Crippen molar-refractivity contribution in [1.29, 1.82) is 0 Å². The Hall–Kier alpha value is -2.12. The van der Waals surface area contributed by atoms with E-state index in [2.05, 4.69) is 10.2 Å². The molecular formula is C21H27FN2O3S. The number of hydrogen-bond donors (Lipinski definition) is 2. The molecule has 0 bridgehead atoms. The standard InChI is InChI=1S/C21H27FN2O3S/c1-3-28(26,27)19-7-5-17(6-8-19)23-15(2)20-14-16(22)4-9-21(20)24-12-10-18(25)11-13-24/h4-9,14-15,18,23,25H,3,10-13H2,1-2H3. The van der Waals surface area contributed by atoms with Crippen LogP contribution in [0.15, 0.2) is 47.4 Å². The topological polar surface area (TPSA) is 69.6 Å². The maximum atomic E-state index is 13.9. The Morgan fingerprint density at radius 2 is 1.82 bits per heavy atom. The van der Waals surface area contributed by atoms with Gasteiger partial charge in [0.05, 0.1) is 22.8 Å². The van der Waals surface area contributed by atoms with Gasteiger partial charge >= 0.3 is 0 Å². The Bertz CT molecular complexity index is 908. The molecule has 1 saturated heterocycles. The van der Waals surface area contributed by atoms with Crippen molar-refractivity contribution >= 4 is 21.2 Å². The number of aliphatic hydroxyl groups excluding tert-OH is 1. The third kappa shape index (κ3) is 4.64. The SMILES string of the molecule is CCS(=O)(=O)c1ccc(NC(C)c2cc(F)ccc2N2CCC(O)CC2)cc1. The molecule has 7 heteroatoms. The summed E-state index contributed by atoms with van der Waals surface area (Å²) < 4.78 is 37.8. The van der Waals surface area contributed by atoms with Crippen LogP contribution in [0.3, 0.4) is 0 Å². The van der Waals surface area contributed by atoms with Gasteiger partial charge in [0, 0.05) is 30.0 Å². The van der Waals surface area contributed by atoms with Crippen molar-refractivity contribution < 1.29 is 17.9 Å². The Labute approximate surface area is 166 Å². The highest BCUT2D eigenvalue weighted by Gasteiger charge is 2.22. The maximum Gasteiger partial charge on any atom is 0.178 e. The number of halogens is 1. The lowest BCUT2D eigenvalue weighted by atomic mass is 10.0. The molecule has 0 aliphatic carbocycles. The molecule has 1 atom stereocenters. The molecule has 2 aromatic rings. The summed E-state index contributed by atoms with van der Waals surface area (Å²) >= 11 is 0. The zero-order valence-corrected chi connectivity index (χ0v) is 17.0. The van der Waals surface area contributed by atoms with E-state index in [4.69, 9.17) is 0 Å². The summed E-state index contributed by atoms with van der Waals surface area (Å²) in [5.41, 5.74) is 2.56. The van der Waals surface area contributed by atoms with Crippen molar-refractivity contribution in [2.75, 3.05) is 29.1 Å². The van der Waals surface area contributed by atoms with Gasteiger partial charge in [0.1, 0.15) is 5.82 Å². The third-order valence-corrected chi connectivity index (χ3v) is 6.99. The van der Waals surface area contributed by atoms with Crippen LogP contribution in [-0.4, -0.2) is 38.5 Å². The minimum atomic E-state index is -3.23. The number of anilines is 2. The molecule has 1 unspecified atom stereocenters. The summed E-state index contributed by atoms with van der Waals surface area (Å²) in [6.45, 7) is 5.04. The summed E-state index contributed by atoms with van der Waals surface area (Å²) in [6.07, 6.45) is 1.13. The van der Waals surface area contributed by atoms with Gasteiger partial charge in [0.25, 0.3) is 0 Å². The first-order valence-corrected chi connectivity index (χ1v) is 11.3. The van der Waals surface area contributed by atoms with Crippen LogP contribution in [-0.2, 0) is 9.84 Å². The van der Waals surface area contributed by atoms with E-state index in [1.54, 1.807) is 37.3 Å². The maximum absolute atomic E-state index is 13.9. The summed E-state index contributed by atoms with van der Waals surface area (Å²) in [4.78, 5) is 2.47. The Balaban J connectivity index is 1.80. The zero-order chi connectivity index (χ0) is 20.3. The molecule has 0 saturated carbocycles. The van der Waals surface area contributed by atoms with E-state index >= 15 is 0 Å². The molecule has 5 nitrogen and oxygen atoms in total. The van der Waals surface area contributed by atoms with Gasteiger partial charge in [0.2, 0.25) is 0 Å². The van der Waals surface area contributed by atoms with Gasteiger partial charge in [-0.2, -0.15) is 0 Å². The van der Waals surface area contributed by atoms with E-state index in [0.29, 0.717) is 17.7 Å². The molecule has 0 radical (unpaired) electrons. The smallest absolute Gasteiger partial charge is 0.178 e. The lowest BCUT2D eigenvalue weighted by molar-refractivity contribution is 0.145. The first-order valence-electron chi connectivity index (χ1n) is 9.62. The van der Waals surface area contributed by atoms with Crippen molar-refractivity contribution in [1.82, 2.24) is 0 Å². The van der Waals surface area contributed by atoms with Crippen LogP contribution in [0.1, 0.15) is 38.3 Å². The number of nitrogens with zero attached hydrogens (tertiary/aromatic N) is 1. The normalized spacial score (nSPS) is 16.8. The third-order valence-electron chi connectivity index (χ3n) is 5.24. The number of aliphatic hydroxyl groups is 1. The Kier molecular flexibility index (Phi) is 6.25. The number of piperidine rings is 1. The fraction of sp³-hybridized carbons (Fsp3) is 0.429. The van der Waals surface area contributed by atoms with Crippen LogP contribution in [0.2, 0.25) is 0 Å². The summed E-state index contributed by atoms with van der Waals surface area (Å²) in [5.74, 6) is -0.235. The lowest BCUT2D eigenvalue weighted by Crippen LogP contribution is -2.36. The van der Waals surface area contributed by atoms with E-state index < -0.39 is 9.84 Å². The highest BCUT2D eigenvalue weighted by molar-refractivity contribution is 7.91. The fourth-order valence-corrected chi connectivity index (χ4v) is 4.40. The Morgan fingerprint density at radius 1 is 1.18 bits per heavy atom. The highest BCUT2D eigenvalue weighted by atomic mass is 32.2. The average Bonchev–Trinajstić information content (AvgIpc) is 2.69. The van der Waals surface area contributed by atoms with Crippen LogP contribution < -0.4 is 10.2 Å². The summed E-state index contributed by atoms with van der Waals surface area (Å²) in [6, 6.07) is 11.3. The number of sulfone groups is 1. The second-order valence-corrected chi connectivity index (χ2v) is 9.49. The molecule has 2 N–H and O–H groups in total. The quantitative estimate of drug-likeness (QED) is 0.765. The number of benzene rings is 2. The average molecular weight is 407 g/mol. The molecule has 0 aromatic heterocycles. The van der Waals surface area contributed by atoms with Crippen molar-refractivity contribution in [3.63, 3.8) is 0 Å². The zero-order valence-electron chi connectivity index (χ0n) is 16.2. The molecule has 1 aliphatic heterocycles. The minimum Gasteiger partial charge on any atom is -0.393 e. The molecule has 1 fully saturated rings. The molecule has 0 amide bonds. The highest BCUT2D eigenvalue weighted by Crippen LogP contribution is 2.31. The van der Waals surface area contributed by atoms with Gasteiger partial charge in [-0.25, -0.2) is 12.8 Å². The van der Waals surface area contributed by atoms with Gasteiger partial charge in [-0.1, -0.05) is 6.92 Å². The van der Waals surface area contributed by atoms with Crippen molar-refractivity contribution in [2.24, 2.45) is 0 Å². The molecule has 3 rings (SSSR count). The largest absolute Gasteiger partial charge is 0.393 e. The van der Waals surface area contributed by atoms with Gasteiger partial charge < -0.3 is 15.3 Å². The second kappa shape index (κ2) is 8.49. The molecule has 28 heavy (non-hydrogen) atoms. The van der Waals surface area contributed by atoms with Crippen molar-refractivity contribution in [2.45, 2.75) is 43.7 Å². The van der Waals surface area contributed by atoms with Gasteiger partial charge in [-0.15, -0.1) is 0 Å². The first-order chi connectivity index (χ1) is 13.3. The minimum absolute atomic E-state index is 0.0629. The van der Waals surface area contributed by atoms with Gasteiger partial charge in [-0.05, 0) is 62.2 Å². The summed E-state index contributed by atoms with van der Waals surface area (Å²) in [5, 5.41) is 13.1. The fourth-order valence-electron chi connectivity index (χ4n) is 3.52. The van der Waals surface area contributed by atoms with Crippen molar-refractivity contribution in [3.05, 3.63) is 53.8 Å². The van der Waals surface area contributed by atoms with E-state index in [1.165, 1.54) is 12.1 Å². The predicted molar refractivity (Wildman–Crippen MR) is 110 cm³/mol. The van der Waals surface area contributed by atoms with Crippen LogP contribution in [0, 0.1) is 5.82 Å². The number of nitrogens with one attached hydrogen (secondary N) is 1. The van der Waals surface area contributed by atoms with Gasteiger partial charge in [0.15, 0.2) is 9.84 Å². The molecule has 1 aliphatic rings. The molecule has 1 heterocycles. The molecule has 0 spiro atoms. The van der Waals surface area contributed by atoms with E-state index in [9.17, 15) is 17.9 Å². The van der Waals surface area contributed by atoms with Crippen LogP contribution >= 0.6 is 0 Å². The molecule has 152 valence electrons. The van der Waals surface area contributed by atoms with Crippen molar-refractivity contribution in [3.8, 4) is 0 Å². The number of hydrogen-bond acceptors (Lipinski definition) is 5. The number of rotatable bonds is 6. The van der Waals surface area contributed by atoms with E-state index in [1.807, 2.05) is 6.92 Å².